The van der Waals surface area contributed by atoms with Gasteiger partial charge in [-0.15, -0.1) is 0 Å². The summed E-state index contributed by atoms with van der Waals surface area (Å²) < 4.78 is 4.60. The van der Waals surface area contributed by atoms with Gasteiger partial charge in [0.25, 0.3) is 0 Å². The molecule has 0 spiro atoms. The Morgan fingerprint density at radius 2 is 1.93 bits per heavy atom. The summed E-state index contributed by atoms with van der Waals surface area (Å²) in [5.41, 5.74) is 13.4. The van der Waals surface area contributed by atoms with E-state index < -0.39 is 0 Å². The summed E-state index contributed by atoms with van der Waals surface area (Å²) in [6.45, 7) is 0.797. The summed E-state index contributed by atoms with van der Waals surface area (Å²) in [7, 11) is 1.35. The summed E-state index contributed by atoms with van der Waals surface area (Å²) in [6.07, 6.45) is 0. The molecule has 0 aromatic heterocycles. The van der Waals surface area contributed by atoms with Gasteiger partial charge >= 0.3 is 5.97 Å². The van der Waals surface area contributed by atoms with Gasteiger partial charge in [0, 0.05) is 13.1 Å². The van der Waals surface area contributed by atoms with Crippen LogP contribution in [0.4, 0.5) is 0 Å². The molecule has 0 fully saturated rings. The predicted molar refractivity (Wildman–Crippen MR) is 53.6 cm³/mol. The lowest BCUT2D eigenvalue weighted by Gasteiger charge is -2.07. The van der Waals surface area contributed by atoms with E-state index in [0.29, 0.717) is 18.7 Å². The van der Waals surface area contributed by atoms with E-state index in [4.69, 9.17) is 11.5 Å². The van der Waals surface area contributed by atoms with Crippen molar-refractivity contribution in [3.05, 3.63) is 34.9 Å². The number of benzene rings is 1. The predicted octanol–water partition coefficient (Wildman–Crippen LogP) is 0.391. The van der Waals surface area contributed by atoms with Crippen molar-refractivity contribution in [3.8, 4) is 0 Å². The number of hydrogen-bond acceptors (Lipinski definition) is 4. The Kier molecular flexibility index (Phi) is 3.62. The molecule has 0 saturated carbocycles. The number of nitrogens with two attached hydrogens (primary N) is 2. The van der Waals surface area contributed by atoms with Crippen molar-refractivity contribution in [2.45, 2.75) is 13.1 Å². The van der Waals surface area contributed by atoms with Crippen LogP contribution in [0.2, 0.25) is 0 Å². The molecule has 0 bridgehead atoms. The summed E-state index contributed by atoms with van der Waals surface area (Å²) in [5, 5.41) is 0. The molecule has 0 aliphatic heterocycles. The third-order valence-electron chi connectivity index (χ3n) is 2.07. The zero-order valence-electron chi connectivity index (χ0n) is 8.12. The van der Waals surface area contributed by atoms with Crippen molar-refractivity contribution in [2.75, 3.05) is 7.11 Å². The van der Waals surface area contributed by atoms with Crippen LogP contribution in [-0.2, 0) is 17.8 Å². The van der Waals surface area contributed by atoms with E-state index in [-0.39, 0.29) is 5.97 Å². The van der Waals surface area contributed by atoms with Gasteiger partial charge in [0.15, 0.2) is 0 Å². The van der Waals surface area contributed by atoms with Crippen molar-refractivity contribution >= 4 is 5.97 Å². The minimum Gasteiger partial charge on any atom is -0.465 e. The number of hydrogen-bond donors (Lipinski definition) is 2. The van der Waals surface area contributed by atoms with Crippen molar-refractivity contribution in [2.24, 2.45) is 11.5 Å². The maximum Gasteiger partial charge on any atom is 0.337 e. The van der Waals surface area contributed by atoms with Crippen molar-refractivity contribution in [1.29, 1.82) is 0 Å². The van der Waals surface area contributed by atoms with Crippen molar-refractivity contribution < 1.29 is 9.53 Å². The molecule has 1 aromatic rings. The average molecular weight is 194 g/mol. The van der Waals surface area contributed by atoms with E-state index >= 15 is 0 Å². The topological polar surface area (TPSA) is 78.3 Å². The second-order valence-corrected chi connectivity index (χ2v) is 2.88. The van der Waals surface area contributed by atoms with E-state index in [9.17, 15) is 4.79 Å². The van der Waals surface area contributed by atoms with Crippen molar-refractivity contribution in [3.63, 3.8) is 0 Å². The van der Waals surface area contributed by atoms with Gasteiger partial charge in [0.1, 0.15) is 0 Å². The average Bonchev–Trinajstić information content (AvgIpc) is 2.26. The Labute approximate surface area is 82.8 Å². The van der Waals surface area contributed by atoms with Crippen LogP contribution in [0.15, 0.2) is 18.2 Å². The fourth-order valence-electron chi connectivity index (χ4n) is 1.26. The number of esters is 1. The Morgan fingerprint density at radius 3 is 2.43 bits per heavy atom. The zero-order chi connectivity index (χ0) is 10.6. The summed E-state index contributed by atoms with van der Waals surface area (Å²) in [6, 6.07) is 5.20. The zero-order valence-corrected chi connectivity index (χ0v) is 8.12. The van der Waals surface area contributed by atoms with Crippen LogP contribution in [0.1, 0.15) is 21.5 Å². The van der Waals surface area contributed by atoms with Crippen LogP contribution < -0.4 is 11.5 Å². The first-order valence-corrected chi connectivity index (χ1v) is 4.33. The van der Waals surface area contributed by atoms with Crippen LogP contribution in [0.5, 0.6) is 0 Å². The fraction of sp³-hybridized carbons (Fsp3) is 0.300. The lowest BCUT2D eigenvalue weighted by atomic mass is 10.0. The number of carbonyl (C=O) groups excluding carboxylic acids is 1. The van der Waals surface area contributed by atoms with E-state index in [2.05, 4.69) is 4.74 Å². The normalized spacial score (nSPS) is 9.93. The molecule has 4 N–H and O–H groups in total. The third kappa shape index (κ3) is 2.10. The van der Waals surface area contributed by atoms with Gasteiger partial charge in [0.2, 0.25) is 0 Å². The quantitative estimate of drug-likeness (QED) is 0.682. The molecule has 0 unspecified atom stereocenters. The van der Waals surface area contributed by atoms with E-state index in [1.54, 1.807) is 18.2 Å². The Bertz CT molecular complexity index is 337. The molecule has 4 nitrogen and oxygen atoms in total. The highest BCUT2D eigenvalue weighted by atomic mass is 16.5. The molecular weight excluding hydrogens is 180 g/mol. The van der Waals surface area contributed by atoms with Gasteiger partial charge in [-0.2, -0.15) is 0 Å². The highest BCUT2D eigenvalue weighted by molar-refractivity contribution is 5.89. The van der Waals surface area contributed by atoms with Crippen LogP contribution in [0.3, 0.4) is 0 Å². The molecule has 76 valence electrons. The highest BCUT2D eigenvalue weighted by Crippen LogP contribution is 2.11. The first-order chi connectivity index (χ1) is 6.72. The number of rotatable bonds is 3. The molecule has 0 saturated heterocycles. The monoisotopic (exact) mass is 194 g/mol. The molecule has 0 heterocycles. The van der Waals surface area contributed by atoms with Gasteiger partial charge in [0.05, 0.1) is 12.7 Å². The highest BCUT2D eigenvalue weighted by Gasteiger charge is 2.07. The maximum absolute atomic E-state index is 11.2. The first-order valence-electron chi connectivity index (χ1n) is 4.33. The van der Waals surface area contributed by atoms with E-state index in [1.165, 1.54) is 7.11 Å². The molecule has 0 atom stereocenters. The SMILES string of the molecule is COC(=O)c1ccc(CN)c(CN)c1. The van der Waals surface area contributed by atoms with Crippen LogP contribution >= 0.6 is 0 Å². The summed E-state index contributed by atoms with van der Waals surface area (Å²) in [5.74, 6) is -0.358. The molecule has 0 aliphatic carbocycles. The molecule has 1 rings (SSSR count). The summed E-state index contributed by atoms with van der Waals surface area (Å²) >= 11 is 0. The van der Waals surface area contributed by atoms with Gasteiger partial charge in [-0.05, 0) is 23.3 Å². The first kappa shape index (κ1) is 10.7. The van der Waals surface area contributed by atoms with Crippen LogP contribution in [-0.4, -0.2) is 13.1 Å². The minimum atomic E-state index is -0.358. The smallest absolute Gasteiger partial charge is 0.337 e. The van der Waals surface area contributed by atoms with Crippen LogP contribution in [0, 0.1) is 0 Å². The lowest BCUT2D eigenvalue weighted by molar-refractivity contribution is 0.0600. The lowest BCUT2D eigenvalue weighted by Crippen LogP contribution is -2.09. The molecular formula is C10H14N2O2. The van der Waals surface area contributed by atoms with Gasteiger partial charge < -0.3 is 16.2 Å². The van der Waals surface area contributed by atoms with Crippen molar-refractivity contribution in [1.82, 2.24) is 0 Å². The van der Waals surface area contributed by atoms with Gasteiger partial charge in [-0.25, -0.2) is 4.79 Å². The number of ether oxygens (including phenoxy) is 1. The largest absolute Gasteiger partial charge is 0.465 e. The Morgan fingerprint density at radius 1 is 1.29 bits per heavy atom. The molecule has 0 amide bonds. The number of methoxy groups -OCH3 is 1. The Balaban J connectivity index is 3.07. The van der Waals surface area contributed by atoms with E-state index in [1.807, 2.05) is 0 Å². The molecule has 4 heteroatoms. The van der Waals surface area contributed by atoms with Gasteiger partial charge in [-0.1, -0.05) is 6.07 Å². The fourth-order valence-corrected chi connectivity index (χ4v) is 1.26. The van der Waals surface area contributed by atoms with Gasteiger partial charge in [-0.3, -0.25) is 0 Å². The standard InChI is InChI=1S/C10H14N2O2/c1-14-10(13)7-2-3-8(5-11)9(4-7)6-12/h2-4H,5-6,11-12H2,1H3. The second kappa shape index (κ2) is 4.74. The minimum absolute atomic E-state index is 0.358. The summed E-state index contributed by atoms with van der Waals surface area (Å²) in [4.78, 5) is 11.2. The molecule has 1 aromatic carbocycles. The van der Waals surface area contributed by atoms with E-state index in [0.717, 1.165) is 11.1 Å². The Hall–Kier alpha value is -1.39. The third-order valence-corrected chi connectivity index (χ3v) is 2.07. The second-order valence-electron chi connectivity index (χ2n) is 2.88. The number of carbonyl (C=O) groups is 1. The molecule has 0 radical (unpaired) electrons. The molecule has 14 heavy (non-hydrogen) atoms. The molecule has 0 aliphatic rings. The maximum atomic E-state index is 11.2. The van der Waals surface area contributed by atoms with Crippen LogP contribution in [0.25, 0.3) is 0 Å².